The molecule has 0 amide bonds. The van der Waals surface area contributed by atoms with E-state index in [1.807, 2.05) is 0 Å². The van der Waals surface area contributed by atoms with Gasteiger partial charge < -0.3 is 4.98 Å². The molecule has 1 N–H and O–H groups in total. The fourth-order valence-corrected chi connectivity index (χ4v) is 1.68. The fourth-order valence-electron chi connectivity index (χ4n) is 1.18. The number of H-pyrrole nitrogens is 1. The highest BCUT2D eigenvalue weighted by Gasteiger charge is 2.16. The van der Waals surface area contributed by atoms with Crippen molar-refractivity contribution in [3.63, 3.8) is 0 Å². The maximum Gasteiger partial charge on any atom is 0.269 e. The first-order chi connectivity index (χ1) is 7.11. The van der Waals surface area contributed by atoms with Crippen LogP contribution >= 0.6 is 15.9 Å². The summed E-state index contributed by atoms with van der Waals surface area (Å²) in [6, 6.07) is 1.78. The van der Waals surface area contributed by atoms with Gasteiger partial charge in [0.1, 0.15) is 0 Å². The normalized spacial score (nSPS) is 10.3. The zero-order chi connectivity index (χ0) is 11.4. The smallest absolute Gasteiger partial charge is 0.269 e. The van der Waals surface area contributed by atoms with Gasteiger partial charge >= 0.3 is 0 Å². The van der Waals surface area contributed by atoms with Gasteiger partial charge in [-0.3, -0.25) is 4.79 Å². The molecule has 1 rings (SSSR count). The van der Waals surface area contributed by atoms with Gasteiger partial charge in [0.2, 0.25) is 0 Å². The first kappa shape index (κ1) is 11.9. The number of rotatable bonds is 3. The molecule has 0 aromatic carbocycles. The standard InChI is InChI=1S/C9H7BrF2N2O/c10-3-7-5(1-2-13)8(15)6(4-14-7)9(11)12/h4,9H,1,3H2,(H,14,15). The number of alkyl halides is 3. The molecule has 0 fully saturated rings. The van der Waals surface area contributed by atoms with Crippen LogP contribution in [0, 0.1) is 11.3 Å². The van der Waals surface area contributed by atoms with E-state index in [1.165, 1.54) is 0 Å². The Morgan fingerprint density at radius 2 is 2.27 bits per heavy atom. The van der Waals surface area contributed by atoms with Crippen LogP contribution in [0.1, 0.15) is 23.2 Å². The molecule has 0 aliphatic carbocycles. The van der Waals surface area contributed by atoms with Crippen molar-refractivity contribution in [3.8, 4) is 6.07 Å². The summed E-state index contributed by atoms with van der Waals surface area (Å²) in [5.74, 6) is 0. The summed E-state index contributed by atoms with van der Waals surface area (Å²) in [6.45, 7) is 0. The summed E-state index contributed by atoms with van der Waals surface area (Å²) in [7, 11) is 0. The minimum Gasteiger partial charge on any atom is -0.363 e. The van der Waals surface area contributed by atoms with Crippen LogP contribution in [-0.2, 0) is 11.8 Å². The molecule has 6 heteroatoms. The average molecular weight is 277 g/mol. The van der Waals surface area contributed by atoms with E-state index in [0.29, 0.717) is 11.0 Å². The molecule has 1 aromatic heterocycles. The Morgan fingerprint density at radius 1 is 1.60 bits per heavy atom. The molecule has 1 heterocycles. The van der Waals surface area contributed by atoms with Crippen LogP contribution in [0.15, 0.2) is 11.0 Å². The van der Waals surface area contributed by atoms with Crippen LogP contribution in [0.4, 0.5) is 8.78 Å². The lowest BCUT2D eigenvalue weighted by atomic mass is 10.1. The number of hydrogen-bond donors (Lipinski definition) is 1. The first-order valence-electron chi connectivity index (χ1n) is 4.06. The molecular weight excluding hydrogens is 270 g/mol. The molecule has 0 atom stereocenters. The van der Waals surface area contributed by atoms with Crippen molar-refractivity contribution in [1.82, 2.24) is 4.98 Å². The SMILES string of the molecule is N#CCc1c(CBr)[nH]cc(C(F)F)c1=O. The Labute approximate surface area is 92.9 Å². The second-order valence-corrected chi connectivity index (χ2v) is 3.36. The van der Waals surface area contributed by atoms with Crippen LogP contribution in [0.25, 0.3) is 0 Å². The van der Waals surface area contributed by atoms with Gasteiger partial charge in [-0.1, -0.05) is 15.9 Å². The molecule has 3 nitrogen and oxygen atoms in total. The molecule has 0 saturated heterocycles. The van der Waals surface area contributed by atoms with Crippen LogP contribution in [0.5, 0.6) is 0 Å². The Bertz CT molecular complexity index is 450. The van der Waals surface area contributed by atoms with E-state index in [4.69, 9.17) is 5.26 Å². The van der Waals surface area contributed by atoms with E-state index < -0.39 is 17.4 Å². The van der Waals surface area contributed by atoms with Gasteiger partial charge in [0.15, 0.2) is 5.43 Å². The van der Waals surface area contributed by atoms with Crippen LogP contribution in [0.2, 0.25) is 0 Å². The van der Waals surface area contributed by atoms with E-state index in [9.17, 15) is 13.6 Å². The van der Waals surface area contributed by atoms with Crippen LogP contribution < -0.4 is 5.43 Å². The summed E-state index contributed by atoms with van der Waals surface area (Å²) in [5.41, 5.74) is -0.775. The maximum absolute atomic E-state index is 12.4. The molecule has 1 aromatic rings. The summed E-state index contributed by atoms with van der Waals surface area (Å²) < 4.78 is 24.7. The van der Waals surface area contributed by atoms with E-state index in [1.54, 1.807) is 6.07 Å². The second-order valence-electron chi connectivity index (χ2n) is 2.80. The molecular formula is C9H7BrF2N2O. The summed E-state index contributed by atoms with van der Waals surface area (Å²) in [6.07, 6.45) is -2.00. The van der Waals surface area contributed by atoms with E-state index in [-0.39, 0.29) is 12.0 Å². The quantitative estimate of drug-likeness (QED) is 0.861. The third-order valence-corrected chi connectivity index (χ3v) is 2.49. The topological polar surface area (TPSA) is 56.6 Å². The molecule has 0 radical (unpaired) electrons. The molecule has 15 heavy (non-hydrogen) atoms. The highest BCUT2D eigenvalue weighted by atomic mass is 79.9. The highest BCUT2D eigenvalue weighted by Crippen LogP contribution is 2.16. The third kappa shape index (κ3) is 2.42. The first-order valence-corrected chi connectivity index (χ1v) is 5.18. The minimum absolute atomic E-state index is 0.104. The van der Waals surface area contributed by atoms with E-state index in [2.05, 4.69) is 20.9 Å². The van der Waals surface area contributed by atoms with Gasteiger partial charge in [-0.15, -0.1) is 0 Å². The monoisotopic (exact) mass is 276 g/mol. The Morgan fingerprint density at radius 3 is 2.73 bits per heavy atom. The highest BCUT2D eigenvalue weighted by molar-refractivity contribution is 9.08. The summed E-state index contributed by atoms with van der Waals surface area (Å²) in [5, 5.41) is 8.81. The van der Waals surface area contributed by atoms with Crippen molar-refractivity contribution in [2.45, 2.75) is 18.2 Å². The molecule has 0 aliphatic heterocycles. The lowest BCUT2D eigenvalue weighted by Crippen LogP contribution is -2.18. The lowest BCUT2D eigenvalue weighted by molar-refractivity contribution is 0.149. The number of nitrogens with one attached hydrogen (secondary N) is 1. The molecule has 0 saturated carbocycles. The average Bonchev–Trinajstić information content (AvgIpc) is 2.20. The number of hydrogen-bond acceptors (Lipinski definition) is 2. The van der Waals surface area contributed by atoms with Crippen molar-refractivity contribution in [2.24, 2.45) is 0 Å². The Kier molecular flexibility index (Phi) is 3.97. The number of halogens is 3. The van der Waals surface area contributed by atoms with Crippen molar-refractivity contribution in [3.05, 3.63) is 33.2 Å². The van der Waals surface area contributed by atoms with Gasteiger partial charge in [-0.05, 0) is 0 Å². The van der Waals surface area contributed by atoms with Gasteiger partial charge in [-0.25, -0.2) is 8.78 Å². The summed E-state index contributed by atoms with van der Waals surface area (Å²) in [4.78, 5) is 14.1. The molecule has 0 unspecified atom stereocenters. The van der Waals surface area contributed by atoms with Gasteiger partial charge in [0.25, 0.3) is 6.43 Å². The molecule has 0 aliphatic rings. The molecule has 80 valence electrons. The fraction of sp³-hybridized carbons (Fsp3) is 0.333. The minimum atomic E-state index is -2.82. The second kappa shape index (κ2) is 5.03. The molecule has 0 spiro atoms. The zero-order valence-electron chi connectivity index (χ0n) is 7.56. The Hall–Kier alpha value is -1.22. The largest absolute Gasteiger partial charge is 0.363 e. The van der Waals surface area contributed by atoms with Crippen molar-refractivity contribution in [1.29, 1.82) is 5.26 Å². The molecule has 0 bridgehead atoms. The van der Waals surface area contributed by atoms with Gasteiger partial charge in [0, 0.05) is 22.8 Å². The van der Waals surface area contributed by atoms with Crippen LogP contribution in [-0.4, -0.2) is 4.98 Å². The zero-order valence-corrected chi connectivity index (χ0v) is 9.14. The van der Waals surface area contributed by atoms with Crippen molar-refractivity contribution >= 4 is 15.9 Å². The van der Waals surface area contributed by atoms with E-state index in [0.717, 1.165) is 6.20 Å². The van der Waals surface area contributed by atoms with E-state index >= 15 is 0 Å². The maximum atomic E-state index is 12.4. The van der Waals surface area contributed by atoms with Crippen LogP contribution in [0.3, 0.4) is 0 Å². The third-order valence-electron chi connectivity index (χ3n) is 1.93. The van der Waals surface area contributed by atoms with Crippen molar-refractivity contribution < 1.29 is 8.78 Å². The number of aromatic amines is 1. The number of nitriles is 1. The number of nitrogens with zero attached hydrogens (tertiary/aromatic N) is 1. The summed E-state index contributed by atoms with van der Waals surface area (Å²) >= 11 is 3.11. The predicted octanol–water partition coefficient (Wildman–Crippen LogP) is 2.27. The van der Waals surface area contributed by atoms with Gasteiger partial charge in [0.05, 0.1) is 18.1 Å². The Balaban J connectivity index is 3.37. The van der Waals surface area contributed by atoms with Gasteiger partial charge in [-0.2, -0.15) is 5.26 Å². The predicted molar refractivity (Wildman–Crippen MR) is 54.0 cm³/mol. The van der Waals surface area contributed by atoms with Crippen molar-refractivity contribution in [2.75, 3.05) is 0 Å². The number of pyridine rings is 1. The lowest BCUT2D eigenvalue weighted by Gasteiger charge is -2.05. The number of aromatic nitrogens is 1.